The zero-order valence-electron chi connectivity index (χ0n) is 9.60. The first kappa shape index (κ1) is 12.3. The molecule has 0 unspecified atom stereocenters. The van der Waals surface area contributed by atoms with Crippen LogP contribution in [0.25, 0.3) is 0 Å². The van der Waals surface area contributed by atoms with Gasteiger partial charge in [-0.3, -0.25) is 14.9 Å². The Balaban J connectivity index is 2.10. The highest BCUT2D eigenvalue weighted by atomic mass is 32.1. The van der Waals surface area contributed by atoms with Crippen LogP contribution in [0, 0.1) is 17.0 Å². The summed E-state index contributed by atoms with van der Waals surface area (Å²) in [7, 11) is 0. The monoisotopic (exact) mass is 265 g/mol. The summed E-state index contributed by atoms with van der Waals surface area (Å²) in [6.07, 6.45) is 0. The van der Waals surface area contributed by atoms with Crippen LogP contribution in [0.5, 0.6) is 0 Å². The van der Waals surface area contributed by atoms with Crippen molar-refractivity contribution in [2.24, 2.45) is 0 Å². The average molecular weight is 265 g/mol. The van der Waals surface area contributed by atoms with Crippen molar-refractivity contribution in [1.29, 1.82) is 0 Å². The van der Waals surface area contributed by atoms with Gasteiger partial charge >= 0.3 is 4.87 Å². The van der Waals surface area contributed by atoms with E-state index in [-0.39, 0.29) is 10.6 Å². The van der Waals surface area contributed by atoms with Crippen LogP contribution in [0.15, 0.2) is 28.4 Å². The van der Waals surface area contributed by atoms with Gasteiger partial charge in [0.2, 0.25) is 0 Å². The third-order valence-corrected chi connectivity index (χ3v) is 3.18. The molecule has 0 saturated carbocycles. The summed E-state index contributed by atoms with van der Waals surface area (Å²) in [5.74, 6) is 0. The maximum atomic E-state index is 10.9. The Labute approximate surface area is 106 Å². The Bertz CT molecular complexity index is 632. The van der Waals surface area contributed by atoms with E-state index in [2.05, 4.69) is 10.3 Å². The molecule has 2 rings (SSSR count). The fourth-order valence-electron chi connectivity index (χ4n) is 1.55. The first-order chi connectivity index (χ1) is 8.56. The van der Waals surface area contributed by atoms with E-state index >= 15 is 0 Å². The lowest BCUT2D eigenvalue weighted by Gasteiger charge is -2.07. The molecule has 0 atom stereocenters. The van der Waals surface area contributed by atoms with Crippen LogP contribution in [0.1, 0.15) is 11.3 Å². The van der Waals surface area contributed by atoms with Crippen molar-refractivity contribution in [3.05, 3.63) is 54.6 Å². The number of hydrogen-bond acceptors (Lipinski definition) is 5. The fourth-order valence-corrected chi connectivity index (χ4v) is 2.13. The van der Waals surface area contributed by atoms with Gasteiger partial charge in [0.25, 0.3) is 5.69 Å². The normalized spacial score (nSPS) is 10.3. The predicted octanol–water partition coefficient (Wildman–Crippen LogP) is 2.27. The average Bonchev–Trinajstić information content (AvgIpc) is 2.73. The van der Waals surface area contributed by atoms with Gasteiger partial charge < -0.3 is 10.3 Å². The summed E-state index contributed by atoms with van der Waals surface area (Å²) in [4.78, 5) is 23.7. The van der Waals surface area contributed by atoms with Crippen molar-refractivity contribution < 1.29 is 4.92 Å². The summed E-state index contributed by atoms with van der Waals surface area (Å²) in [5.41, 5.74) is 2.47. The van der Waals surface area contributed by atoms with Gasteiger partial charge in [-0.05, 0) is 18.6 Å². The van der Waals surface area contributed by atoms with E-state index in [0.29, 0.717) is 6.54 Å². The summed E-state index contributed by atoms with van der Waals surface area (Å²) in [6, 6.07) is 4.63. The molecular formula is C11H11N3O3S. The Morgan fingerprint density at radius 1 is 1.50 bits per heavy atom. The summed E-state index contributed by atoms with van der Waals surface area (Å²) >= 11 is 1.11. The zero-order valence-corrected chi connectivity index (χ0v) is 10.4. The van der Waals surface area contributed by atoms with Gasteiger partial charge in [-0.1, -0.05) is 11.3 Å². The molecule has 1 heterocycles. The molecule has 0 saturated heterocycles. The molecule has 94 valence electrons. The standard InChI is InChI=1S/C11H11N3O3S/c1-7-4-9(14(16)17)2-3-10(7)12-5-8-6-18-11(15)13-8/h2-4,6,12H,5H2,1H3,(H,13,15). The van der Waals surface area contributed by atoms with Crippen LogP contribution in [0.3, 0.4) is 0 Å². The highest BCUT2D eigenvalue weighted by molar-refractivity contribution is 7.07. The number of thiazole rings is 1. The topological polar surface area (TPSA) is 88.0 Å². The number of aromatic amines is 1. The second-order valence-corrected chi connectivity index (χ2v) is 4.63. The number of rotatable bonds is 4. The van der Waals surface area contributed by atoms with Gasteiger partial charge in [0, 0.05) is 28.9 Å². The van der Waals surface area contributed by atoms with Crippen molar-refractivity contribution in [2.75, 3.05) is 5.32 Å². The lowest BCUT2D eigenvalue weighted by Crippen LogP contribution is -2.04. The van der Waals surface area contributed by atoms with E-state index in [4.69, 9.17) is 0 Å². The zero-order chi connectivity index (χ0) is 13.1. The molecule has 18 heavy (non-hydrogen) atoms. The van der Waals surface area contributed by atoms with E-state index in [1.807, 2.05) is 0 Å². The van der Waals surface area contributed by atoms with Gasteiger partial charge in [0.1, 0.15) is 0 Å². The molecule has 0 bridgehead atoms. The summed E-state index contributed by atoms with van der Waals surface area (Å²) < 4.78 is 0. The number of H-pyrrole nitrogens is 1. The molecule has 0 radical (unpaired) electrons. The Hall–Kier alpha value is -2.15. The van der Waals surface area contributed by atoms with Gasteiger partial charge in [-0.15, -0.1) is 0 Å². The number of nitro benzene ring substituents is 1. The number of nitrogens with one attached hydrogen (secondary N) is 2. The molecule has 0 aliphatic carbocycles. The van der Waals surface area contributed by atoms with E-state index in [0.717, 1.165) is 28.3 Å². The van der Waals surface area contributed by atoms with Crippen molar-refractivity contribution in [1.82, 2.24) is 4.98 Å². The van der Waals surface area contributed by atoms with Crippen LogP contribution in [-0.4, -0.2) is 9.91 Å². The van der Waals surface area contributed by atoms with Crippen LogP contribution < -0.4 is 10.2 Å². The quantitative estimate of drug-likeness (QED) is 0.655. The first-order valence-electron chi connectivity index (χ1n) is 5.22. The van der Waals surface area contributed by atoms with Crippen molar-refractivity contribution in [3.8, 4) is 0 Å². The lowest BCUT2D eigenvalue weighted by molar-refractivity contribution is -0.384. The SMILES string of the molecule is Cc1cc([N+](=O)[O-])ccc1NCc1csc(=O)[nH]1. The molecule has 0 amide bonds. The van der Waals surface area contributed by atoms with E-state index in [1.54, 1.807) is 18.4 Å². The van der Waals surface area contributed by atoms with Crippen LogP contribution in [0.2, 0.25) is 0 Å². The fraction of sp³-hybridized carbons (Fsp3) is 0.182. The third kappa shape index (κ3) is 2.75. The third-order valence-electron chi connectivity index (χ3n) is 2.46. The Kier molecular flexibility index (Phi) is 3.42. The maximum absolute atomic E-state index is 10.9. The molecule has 6 nitrogen and oxygen atoms in total. The summed E-state index contributed by atoms with van der Waals surface area (Å²) in [5, 5.41) is 15.5. The van der Waals surface area contributed by atoms with Crippen molar-refractivity contribution >= 4 is 22.7 Å². The van der Waals surface area contributed by atoms with E-state index in [9.17, 15) is 14.9 Å². The molecule has 0 aliphatic rings. The van der Waals surface area contributed by atoms with E-state index < -0.39 is 4.92 Å². The molecule has 1 aromatic carbocycles. The van der Waals surface area contributed by atoms with Gasteiger partial charge in [-0.2, -0.15) is 0 Å². The number of benzene rings is 1. The number of nitro groups is 1. The smallest absolute Gasteiger partial charge is 0.304 e. The Morgan fingerprint density at radius 3 is 2.83 bits per heavy atom. The minimum absolute atomic E-state index is 0.0713. The van der Waals surface area contributed by atoms with Crippen LogP contribution in [-0.2, 0) is 6.54 Å². The first-order valence-corrected chi connectivity index (χ1v) is 6.10. The predicted molar refractivity (Wildman–Crippen MR) is 70.1 cm³/mol. The molecule has 1 aromatic heterocycles. The number of nitrogens with zero attached hydrogens (tertiary/aromatic N) is 1. The number of aromatic nitrogens is 1. The highest BCUT2D eigenvalue weighted by Crippen LogP contribution is 2.21. The number of hydrogen-bond donors (Lipinski definition) is 2. The highest BCUT2D eigenvalue weighted by Gasteiger charge is 2.07. The molecule has 7 heteroatoms. The maximum Gasteiger partial charge on any atom is 0.304 e. The van der Waals surface area contributed by atoms with E-state index in [1.165, 1.54) is 12.1 Å². The minimum Gasteiger partial charge on any atom is -0.379 e. The van der Waals surface area contributed by atoms with Gasteiger partial charge in [-0.25, -0.2) is 0 Å². The number of anilines is 1. The van der Waals surface area contributed by atoms with Crippen molar-refractivity contribution in [2.45, 2.75) is 13.5 Å². The minimum atomic E-state index is -0.423. The molecule has 0 aliphatic heterocycles. The number of aryl methyl sites for hydroxylation is 1. The van der Waals surface area contributed by atoms with Crippen LogP contribution >= 0.6 is 11.3 Å². The largest absolute Gasteiger partial charge is 0.379 e. The van der Waals surface area contributed by atoms with Gasteiger partial charge in [0.15, 0.2) is 0 Å². The number of non-ortho nitro benzene ring substituents is 1. The molecule has 2 N–H and O–H groups in total. The van der Waals surface area contributed by atoms with Crippen LogP contribution in [0.4, 0.5) is 11.4 Å². The van der Waals surface area contributed by atoms with Gasteiger partial charge in [0.05, 0.1) is 11.5 Å². The summed E-state index contributed by atoms with van der Waals surface area (Å²) in [6.45, 7) is 2.28. The molecule has 0 spiro atoms. The molecule has 2 aromatic rings. The second kappa shape index (κ2) is 5.01. The molecule has 0 fully saturated rings. The Morgan fingerprint density at radius 2 is 2.28 bits per heavy atom. The van der Waals surface area contributed by atoms with Crippen molar-refractivity contribution in [3.63, 3.8) is 0 Å². The molecular weight excluding hydrogens is 254 g/mol. The second-order valence-electron chi connectivity index (χ2n) is 3.78. The lowest BCUT2D eigenvalue weighted by atomic mass is 10.2.